The number of rotatable bonds is 18. The van der Waals surface area contributed by atoms with Gasteiger partial charge in [-0.1, -0.05) is 44.2 Å². The van der Waals surface area contributed by atoms with Crippen LogP contribution in [0.25, 0.3) is 0 Å². The minimum absolute atomic E-state index is 0.0937. The Labute approximate surface area is 250 Å². The van der Waals surface area contributed by atoms with Crippen LogP contribution in [0.2, 0.25) is 0 Å². The molecular weight excluding hydrogens is 604 g/mol. The number of halogens is 4. The van der Waals surface area contributed by atoms with Gasteiger partial charge in [0.15, 0.2) is 5.37 Å². The predicted octanol–water partition coefficient (Wildman–Crippen LogP) is 1.65. The fourth-order valence-electron chi connectivity index (χ4n) is 3.78. The molecule has 0 saturated carbocycles. The highest BCUT2D eigenvalue weighted by Gasteiger charge is 2.33. The summed E-state index contributed by atoms with van der Waals surface area (Å²) in [6.07, 6.45) is 0.100. The Balaban J connectivity index is 2.12. The summed E-state index contributed by atoms with van der Waals surface area (Å²) in [6.45, 7) is -2.78. The fourth-order valence-corrected chi connectivity index (χ4v) is 4.29. The molecular formula is C26H36F4N4O8S. The Morgan fingerprint density at radius 2 is 1.60 bits per heavy atom. The number of hydrogen-bond donors (Lipinski definition) is 3. The van der Waals surface area contributed by atoms with Gasteiger partial charge in [-0.2, -0.15) is 17.6 Å². The quantitative estimate of drug-likeness (QED) is 0.0938. The molecule has 1 heterocycles. The second-order valence-electron chi connectivity index (χ2n) is 9.73. The van der Waals surface area contributed by atoms with E-state index in [1.54, 1.807) is 49.1 Å². The molecule has 1 unspecified atom stereocenters. The molecule has 0 spiro atoms. The lowest BCUT2D eigenvalue weighted by atomic mass is 10.0. The van der Waals surface area contributed by atoms with Crippen LogP contribution in [0.1, 0.15) is 25.8 Å². The molecule has 242 valence electrons. The SMILES string of the molecule is CC(C)C[C@H](NC(=O)C(NC(=O)[C@H](COC(F)F)NC(=O)CN1CCOCC1)SOC(F)F)C(=O)OCc1ccccc1. The molecule has 1 aliphatic rings. The topological polar surface area (TPSA) is 145 Å². The van der Waals surface area contributed by atoms with Crippen molar-refractivity contribution in [3.8, 4) is 0 Å². The van der Waals surface area contributed by atoms with E-state index in [0.717, 1.165) is 0 Å². The van der Waals surface area contributed by atoms with Crippen molar-refractivity contribution in [3.05, 3.63) is 35.9 Å². The summed E-state index contributed by atoms with van der Waals surface area (Å²) in [7, 11) is 0. The smallest absolute Gasteiger partial charge is 0.355 e. The van der Waals surface area contributed by atoms with Crippen LogP contribution in [0.3, 0.4) is 0 Å². The standard InChI is InChI=1S/C26H36F4N4O8S/c1-16(2)12-18(24(38)40-14-17-6-4-3-5-7-17)32-22(37)23(43-42-26(29)30)33-21(36)19(15-41-25(27)28)31-20(35)13-34-8-10-39-11-9-34/h3-7,16,18-19,23,25-26H,8-15H2,1-2H3,(H,31,35)(H,32,37)(H,33,36)/t18-,19-,23?/m0/s1. The van der Waals surface area contributed by atoms with Crippen LogP contribution >= 0.6 is 12.0 Å². The summed E-state index contributed by atoms with van der Waals surface area (Å²) < 4.78 is 70.1. The van der Waals surface area contributed by atoms with E-state index in [9.17, 15) is 36.7 Å². The van der Waals surface area contributed by atoms with E-state index in [-0.39, 0.29) is 37.5 Å². The van der Waals surface area contributed by atoms with Gasteiger partial charge in [-0.3, -0.25) is 19.3 Å². The van der Waals surface area contributed by atoms with Crippen molar-refractivity contribution < 1.29 is 55.1 Å². The third-order valence-electron chi connectivity index (χ3n) is 5.78. The maximum atomic E-state index is 13.1. The van der Waals surface area contributed by atoms with Crippen LogP contribution in [0.15, 0.2) is 30.3 Å². The van der Waals surface area contributed by atoms with Crippen LogP contribution in [0.4, 0.5) is 17.6 Å². The second-order valence-corrected chi connectivity index (χ2v) is 10.6. The number of nitrogens with zero attached hydrogens (tertiary/aromatic N) is 1. The van der Waals surface area contributed by atoms with Gasteiger partial charge in [0.2, 0.25) is 11.8 Å². The summed E-state index contributed by atoms with van der Waals surface area (Å²) in [5.74, 6) is -3.96. The maximum absolute atomic E-state index is 13.1. The van der Waals surface area contributed by atoms with Crippen molar-refractivity contribution in [1.82, 2.24) is 20.9 Å². The first-order valence-corrected chi connectivity index (χ1v) is 14.2. The molecule has 0 aliphatic carbocycles. The van der Waals surface area contributed by atoms with Gasteiger partial charge < -0.3 is 30.2 Å². The number of amides is 3. The van der Waals surface area contributed by atoms with Crippen LogP contribution < -0.4 is 16.0 Å². The van der Waals surface area contributed by atoms with Gasteiger partial charge in [0.05, 0.1) is 26.4 Å². The lowest BCUT2D eigenvalue weighted by Gasteiger charge is -2.27. The molecule has 1 aromatic rings. The van der Waals surface area contributed by atoms with Crippen molar-refractivity contribution in [2.24, 2.45) is 5.92 Å². The lowest BCUT2D eigenvalue weighted by molar-refractivity contribution is -0.150. The molecule has 0 bridgehead atoms. The summed E-state index contributed by atoms with van der Waals surface area (Å²) >= 11 is -0.132. The zero-order chi connectivity index (χ0) is 31.8. The molecule has 1 aliphatic heterocycles. The highest BCUT2D eigenvalue weighted by molar-refractivity contribution is 7.96. The zero-order valence-electron chi connectivity index (χ0n) is 23.6. The molecule has 3 amide bonds. The molecule has 12 nitrogen and oxygen atoms in total. The zero-order valence-corrected chi connectivity index (χ0v) is 24.5. The van der Waals surface area contributed by atoms with Crippen LogP contribution in [0.5, 0.6) is 0 Å². The number of benzene rings is 1. The van der Waals surface area contributed by atoms with Crippen LogP contribution in [-0.2, 0) is 44.2 Å². The third kappa shape index (κ3) is 14.8. The normalized spacial score (nSPS) is 16.0. The largest absolute Gasteiger partial charge is 0.459 e. The minimum Gasteiger partial charge on any atom is -0.459 e. The average Bonchev–Trinajstić information content (AvgIpc) is 2.96. The molecule has 2 rings (SSSR count). The predicted molar refractivity (Wildman–Crippen MR) is 145 cm³/mol. The number of morpholine rings is 1. The van der Waals surface area contributed by atoms with E-state index in [4.69, 9.17) is 9.47 Å². The number of carbonyl (C=O) groups is 4. The van der Waals surface area contributed by atoms with Crippen molar-refractivity contribution in [2.75, 3.05) is 39.5 Å². The molecule has 0 aromatic heterocycles. The van der Waals surface area contributed by atoms with E-state index in [2.05, 4.69) is 24.9 Å². The molecule has 17 heteroatoms. The van der Waals surface area contributed by atoms with Crippen LogP contribution in [-0.4, -0.2) is 98.7 Å². The Morgan fingerprint density at radius 1 is 0.930 bits per heavy atom. The summed E-state index contributed by atoms with van der Waals surface area (Å²) in [5.41, 5.74) is 0.684. The first-order valence-electron chi connectivity index (χ1n) is 13.3. The molecule has 0 radical (unpaired) electrons. The molecule has 1 aromatic carbocycles. The van der Waals surface area contributed by atoms with E-state index in [1.165, 1.54) is 0 Å². The highest BCUT2D eigenvalue weighted by atomic mass is 32.2. The van der Waals surface area contributed by atoms with Gasteiger partial charge in [-0.05, 0) is 17.9 Å². The molecule has 43 heavy (non-hydrogen) atoms. The number of nitrogens with one attached hydrogen (secondary N) is 3. The van der Waals surface area contributed by atoms with Gasteiger partial charge in [0.1, 0.15) is 18.7 Å². The summed E-state index contributed by atoms with van der Waals surface area (Å²) in [6, 6.07) is 5.76. The average molecular weight is 641 g/mol. The van der Waals surface area contributed by atoms with Crippen molar-refractivity contribution in [3.63, 3.8) is 0 Å². The third-order valence-corrected chi connectivity index (χ3v) is 6.56. The first kappa shape index (κ1) is 36.2. The van der Waals surface area contributed by atoms with E-state index in [1.807, 2.05) is 0 Å². The number of carbonyl (C=O) groups excluding carboxylic acids is 4. The highest BCUT2D eigenvalue weighted by Crippen LogP contribution is 2.17. The van der Waals surface area contributed by atoms with E-state index in [0.29, 0.717) is 31.9 Å². The van der Waals surface area contributed by atoms with Gasteiger partial charge in [-0.25, -0.2) is 8.98 Å². The Bertz CT molecular complexity index is 1020. The van der Waals surface area contributed by atoms with Gasteiger partial charge in [-0.15, -0.1) is 0 Å². The Hall–Kier alpha value is -2.99. The molecule has 1 saturated heterocycles. The molecule has 3 atom stereocenters. The van der Waals surface area contributed by atoms with Crippen molar-refractivity contribution in [2.45, 2.75) is 57.6 Å². The first-order chi connectivity index (χ1) is 20.4. The molecule has 1 fully saturated rings. The van der Waals surface area contributed by atoms with E-state index < -0.39 is 61.0 Å². The number of hydrogen-bond acceptors (Lipinski definition) is 10. The summed E-state index contributed by atoms with van der Waals surface area (Å²) in [5, 5.41) is 4.82. The van der Waals surface area contributed by atoms with Gasteiger partial charge >= 0.3 is 19.2 Å². The number of esters is 1. The second kappa shape index (κ2) is 19.3. The molecule has 3 N–H and O–H groups in total. The van der Waals surface area contributed by atoms with E-state index >= 15 is 0 Å². The van der Waals surface area contributed by atoms with Crippen molar-refractivity contribution >= 4 is 35.7 Å². The monoisotopic (exact) mass is 640 g/mol. The minimum atomic E-state index is -3.36. The number of alkyl halides is 4. The lowest BCUT2D eigenvalue weighted by Crippen LogP contribution is -2.57. The fraction of sp³-hybridized carbons (Fsp3) is 0.615. The maximum Gasteiger partial charge on any atom is 0.355 e. The Morgan fingerprint density at radius 3 is 2.21 bits per heavy atom. The van der Waals surface area contributed by atoms with Crippen molar-refractivity contribution in [1.29, 1.82) is 0 Å². The van der Waals surface area contributed by atoms with Crippen LogP contribution in [0, 0.1) is 5.92 Å². The summed E-state index contributed by atoms with van der Waals surface area (Å²) in [4.78, 5) is 53.1. The number of ether oxygens (including phenoxy) is 3. The van der Waals surface area contributed by atoms with Gasteiger partial charge in [0.25, 0.3) is 5.91 Å². The Kier molecular flexibility index (Phi) is 16.3. The van der Waals surface area contributed by atoms with Gasteiger partial charge in [0, 0.05) is 25.1 Å².